The fourth-order valence-corrected chi connectivity index (χ4v) is 3.79. The highest BCUT2D eigenvalue weighted by atomic mass is 16.5. The van der Waals surface area contributed by atoms with E-state index in [4.69, 9.17) is 9.26 Å². The van der Waals surface area contributed by atoms with Gasteiger partial charge in [0.25, 0.3) is 5.91 Å². The third-order valence-electron chi connectivity index (χ3n) is 5.42. The Morgan fingerprint density at radius 2 is 1.82 bits per heavy atom. The fourth-order valence-electron chi connectivity index (χ4n) is 3.79. The number of nitrogens with one attached hydrogen (secondary N) is 1. The maximum atomic E-state index is 13.0. The maximum Gasteiger partial charge on any atom is 0.338 e. The first-order chi connectivity index (χ1) is 16.0. The monoisotopic (exact) mass is 441 g/mol. The molecule has 8 nitrogen and oxygen atoms in total. The Morgan fingerprint density at radius 1 is 1.06 bits per heavy atom. The molecule has 1 N–H and O–H groups in total. The molecule has 5 rings (SSSR count). The molecule has 1 aromatic heterocycles. The van der Waals surface area contributed by atoms with Crippen molar-refractivity contribution in [3.8, 4) is 11.3 Å². The van der Waals surface area contributed by atoms with E-state index in [-0.39, 0.29) is 18.0 Å². The molecule has 0 saturated carbocycles. The summed E-state index contributed by atoms with van der Waals surface area (Å²) in [6, 6.07) is 21.3. The van der Waals surface area contributed by atoms with Gasteiger partial charge in [0.1, 0.15) is 12.1 Å². The van der Waals surface area contributed by atoms with Gasteiger partial charge in [0, 0.05) is 5.56 Å². The lowest BCUT2D eigenvalue weighted by Crippen LogP contribution is -2.47. The van der Waals surface area contributed by atoms with Gasteiger partial charge < -0.3 is 14.6 Å². The summed E-state index contributed by atoms with van der Waals surface area (Å²) in [6.45, 7) is 1.34. The first kappa shape index (κ1) is 20.4. The number of carbonyl (C=O) groups is 3. The Balaban J connectivity index is 1.37. The van der Waals surface area contributed by atoms with Crippen LogP contribution in [0, 0.1) is 0 Å². The number of esters is 1. The topological polar surface area (TPSA) is 102 Å². The van der Waals surface area contributed by atoms with Gasteiger partial charge in [-0.05, 0) is 37.3 Å². The standard InChI is InChI=1S/C25H19N3O5/c1-15(24(30)28-14-22(29)26-20-9-5-6-10-21(20)28)32-25(31)17-11-12-19-18(13-17)23(33-27-19)16-7-3-2-4-8-16/h2-13,15H,14H2,1H3,(H,26,29). The number of ether oxygens (including phenoxy) is 1. The molecule has 3 aromatic carbocycles. The summed E-state index contributed by atoms with van der Waals surface area (Å²) in [7, 11) is 0. The number of aromatic nitrogens is 1. The van der Waals surface area contributed by atoms with E-state index in [1.807, 2.05) is 30.3 Å². The summed E-state index contributed by atoms with van der Waals surface area (Å²) in [5.41, 5.74) is 2.79. The van der Waals surface area contributed by atoms with Gasteiger partial charge in [-0.3, -0.25) is 14.5 Å². The summed E-state index contributed by atoms with van der Waals surface area (Å²) >= 11 is 0. The molecule has 1 aliphatic heterocycles. The summed E-state index contributed by atoms with van der Waals surface area (Å²) in [5.74, 6) is -0.915. The van der Waals surface area contributed by atoms with Gasteiger partial charge in [-0.1, -0.05) is 47.6 Å². The van der Waals surface area contributed by atoms with E-state index in [1.165, 1.54) is 11.8 Å². The highest BCUT2D eigenvalue weighted by Gasteiger charge is 2.31. The summed E-state index contributed by atoms with van der Waals surface area (Å²) in [4.78, 5) is 39.2. The molecular formula is C25H19N3O5. The first-order valence-electron chi connectivity index (χ1n) is 10.4. The van der Waals surface area contributed by atoms with Crippen molar-refractivity contribution in [2.75, 3.05) is 16.8 Å². The Hall–Kier alpha value is -4.46. The predicted molar refractivity (Wildman–Crippen MR) is 122 cm³/mol. The third-order valence-corrected chi connectivity index (χ3v) is 5.42. The number of benzene rings is 3. The minimum atomic E-state index is -1.09. The van der Waals surface area contributed by atoms with E-state index < -0.39 is 18.0 Å². The van der Waals surface area contributed by atoms with Crippen molar-refractivity contribution in [1.82, 2.24) is 5.16 Å². The third kappa shape index (κ3) is 3.82. The predicted octanol–water partition coefficient (Wildman–Crippen LogP) is 4.03. The molecule has 164 valence electrons. The van der Waals surface area contributed by atoms with Crippen molar-refractivity contribution in [1.29, 1.82) is 0 Å². The van der Waals surface area contributed by atoms with E-state index >= 15 is 0 Å². The first-order valence-corrected chi connectivity index (χ1v) is 10.4. The lowest BCUT2D eigenvalue weighted by molar-refractivity contribution is -0.128. The van der Waals surface area contributed by atoms with Gasteiger partial charge in [-0.25, -0.2) is 4.79 Å². The van der Waals surface area contributed by atoms with Gasteiger partial charge in [0.15, 0.2) is 11.9 Å². The molecule has 0 aliphatic carbocycles. The minimum Gasteiger partial charge on any atom is -0.449 e. The van der Waals surface area contributed by atoms with Crippen LogP contribution in [-0.4, -0.2) is 35.6 Å². The number of carbonyl (C=O) groups excluding carboxylic acids is 3. The van der Waals surface area contributed by atoms with Crippen molar-refractivity contribution in [2.45, 2.75) is 13.0 Å². The molecule has 2 heterocycles. The molecule has 0 bridgehead atoms. The average molecular weight is 441 g/mol. The lowest BCUT2D eigenvalue weighted by atomic mass is 10.1. The fraction of sp³-hybridized carbons (Fsp3) is 0.120. The molecule has 33 heavy (non-hydrogen) atoms. The van der Waals surface area contributed by atoms with Crippen LogP contribution in [0.2, 0.25) is 0 Å². The second-order valence-electron chi connectivity index (χ2n) is 7.65. The molecule has 1 unspecified atom stereocenters. The Morgan fingerprint density at radius 3 is 2.64 bits per heavy atom. The van der Waals surface area contributed by atoms with Crippen molar-refractivity contribution in [3.63, 3.8) is 0 Å². The SMILES string of the molecule is CC(OC(=O)c1ccc2noc(-c3ccccc3)c2c1)C(=O)N1CC(=O)Nc2ccccc21. The van der Waals surface area contributed by atoms with Crippen LogP contribution in [0.3, 0.4) is 0 Å². The minimum absolute atomic E-state index is 0.148. The summed E-state index contributed by atoms with van der Waals surface area (Å²) < 4.78 is 10.9. The van der Waals surface area contributed by atoms with Gasteiger partial charge in [0.05, 0.1) is 22.3 Å². The van der Waals surface area contributed by atoms with Crippen LogP contribution in [0.1, 0.15) is 17.3 Å². The highest BCUT2D eigenvalue weighted by Crippen LogP contribution is 2.31. The molecule has 1 aliphatic rings. The molecule has 0 radical (unpaired) electrons. The molecule has 2 amide bonds. The number of hydrogen-bond donors (Lipinski definition) is 1. The number of para-hydroxylation sites is 2. The van der Waals surface area contributed by atoms with Gasteiger partial charge >= 0.3 is 5.97 Å². The van der Waals surface area contributed by atoms with E-state index in [1.54, 1.807) is 42.5 Å². The molecule has 0 spiro atoms. The maximum absolute atomic E-state index is 13.0. The molecule has 1 atom stereocenters. The number of anilines is 2. The van der Waals surface area contributed by atoms with E-state index in [9.17, 15) is 14.4 Å². The van der Waals surface area contributed by atoms with Gasteiger partial charge in [-0.15, -0.1) is 0 Å². The number of fused-ring (bicyclic) bond motifs is 2. The van der Waals surface area contributed by atoms with Crippen LogP contribution in [0.4, 0.5) is 11.4 Å². The van der Waals surface area contributed by atoms with Crippen molar-refractivity contribution < 1.29 is 23.6 Å². The quantitative estimate of drug-likeness (QED) is 0.480. The highest BCUT2D eigenvalue weighted by molar-refractivity contribution is 6.11. The largest absolute Gasteiger partial charge is 0.449 e. The average Bonchev–Trinajstić information content (AvgIpc) is 3.26. The Labute approximate surface area is 188 Å². The van der Waals surface area contributed by atoms with Crippen molar-refractivity contribution in [2.24, 2.45) is 0 Å². The van der Waals surface area contributed by atoms with Gasteiger partial charge in [-0.2, -0.15) is 0 Å². The number of nitrogens with zero attached hydrogens (tertiary/aromatic N) is 2. The number of amides is 2. The van der Waals surface area contributed by atoms with Crippen LogP contribution in [-0.2, 0) is 14.3 Å². The summed E-state index contributed by atoms with van der Waals surface area (Å²) in [5, 5.41) is 7.44. The van der Waals surface area contributed by atoms with E-state index in [2.05, 4.69) is 10.5 Å². The van der Waals surface area contributed by atoms with Crippen LogP contribution in [0.25, 0.3) is 22.2 Å². The number of hydrogen-bond acceptors (Lipinski definition) is 6. The summed E-state index contributed by atoms with van der Waals surface area (Å²) in [6.07, 6.45) is -1.09. The lowest BCUT2D eigenvalue weighted by Gasteiger charge is -2.30. The normalized spacial score (nSPS) is 13.8. The van der Waals surface area contributed by atoms with Crippen molar-refractivity contribution in [3.05, 3.63) is 78.4 Å². The molecular weight excluding hydrogens is 422 g/mol. The zero-order valence-electron chi connectivity index (χ0n) is 17.6. The van der Waals surface area contributed by atoms with Crippen molar-refractivity contribution >= 4 is 40.1 Å². The Kier molecular flexibility index (Phi) is 5.10. The zero-order valence-corrected chi connectivity index (χ0v) is 17.6. The molecule has 4 aromatic rings. The molecule has 0 fully saturated rings. The second kappa shape index (κ2) is 8.23. The van der Waals surface area contributed by atoms with Crippen LogP contribution in [0.5, 0.6) is 0 Å². The van der Waals surface area contributed by atoms with Crippen LogP contribution < -0.4 is 10.2 Å². The Bertz CT molecular complexity index is 1380. The van der Waals surface area contributed by atoms with E-state index in [0.29, 0.717) is 28.0 Å². The van der Waals surface area contributed by atoms with Crippen LogP contribution >= 0.6 is 0 Å². The number of rotatable bonds is 4. The zero-order chi connectivity index (χ0) is 22.9. The second-order valence-corrected chi connectivity index (χ2v) is 7.65. The van der Waals surface area contributed by atoms with E-state index in [0.717, 1.165) is 5.56 Å². The molecule has 8 heteroatoms. The smallest absolute Gasteiger partial charge is 0.338 e. The molecule has 0 saturated heterocycles. The van der Waals surface area contributed by atoms with Crippen LogP contribution in [0.15, 0.2) is 77.3 Å². The van der Waals surface area contributed by atoms with Gasteiger partial charge in [0.2, 0.25) is 5.91 Å².